The van der Waals surface area contributed by atoms with Crippen molar-refractivity contribution in [3.8, 4) is 11.1 Å². The fourth-order valence-corrected chi connectivity index (χ4v) is 3.90. The Bertz CT molecular complexity index is 992. The number of unbranched alkanes of at least 4 members (excludes halogenated alkanes) is 1. The van der Waals surface area contributed by atoms with E-state index in [-0.39, 0.29) is 23.7 Å². The Hall–Kier alpha value is -2.54. The number of aromatic nitrogens is 2. The van der Waals surface area contributed by atoms with E-state index in [1.165, 1.54) is 23.5 Å². The van der Waals surface area contributed by atoms with Crippen molar-refractivity contribution in [3.63, 3.8) is 0 Å². The average Bonchev–Trinajstić information content (AvgIpc) is 2.92. The number of thiophene rings is 1. The molecule has 0 spiro atoms. The van der Waals surface area contributed by atoms with E-state index in [1.54, 1.807) is 12.1 Å². The molecule has 1 amide bonds. The molecular formula is C19H20FN3O2S. The zero-order valence-electron chi connectivity index (χ0n) is 14.7. The maximum atomic E-state index is 13.2. The Morgan fingerprint density at radius 3 is 2.73 bits per heavy atom. The van der Waals surface area contributed by atoms with Crippen molar-refractivity contribution in [1.82, 2.24) is 15.3 Å². The molecule has 7 heteroatoms. The second-order valence-corrected chi connectivity index (χ2v) is 7.32. The Balaban J connectivity index is 1.94. The van der Waals surface area contributed by atoms with Crippen molar-refractivity contribution in [3.05, 3.63) is 51.1 Å². The Morgan fingerprint density at radius 2 is 2.04 bits per heavy atom. The predicted octanol–water partition coefficient (Wildman–Crippen LogP) is 3.56. The lowest BCUT2D eigenvalue weighted by Gasteiger charge is -2.05. The summed E-state index contributed by atoms with van der Waals surface area (Å²) >= 11 is 1.40. The van der Waals surface area contributed by atoms with Gasteiger partial charge in [-0.25, -0.2) is 9.37 Å². The topological polar surface area (TPSA) is 74.8 Å². The molecule has 0 atom stereocenters. The molecule has 0 saturated heterocycles. The number of amides is 1. The highest BCUT2D eigenvalue weighted by Crippen LogP contribution is 2.35. The van der Waals surface area contributed by atoms with E-state index in [4.69, 9.17) is 0 Å². The van der Waals surface area contributed by atoms with Gasteiger partial charge in [0.1, 0.15) is 16.5 Å². The molecule has 2 N–H and O–H groups in total. The van der Waals surface area contributed by atoms with Gasteiger partial charge in [0, 0.05) is 17.0 Å². The number of hydrogen-bond acceptors (Lipinski definition) is 4. The lowest BCUT2D eigenvalue weighted by Crippen LogP contribution is -2.27. The monoisotopic (exact) mass is 373 g/mol. The summed E-state index contributed by atoms with van der Waals surface area (Å²) in [5.74, 6) is -0.134. The maximum Gasteiger partial charge on any atom is 0.260 e. The van der Waals surface area contributed by atoms with Gasteiger partial charge in [0.15, 0.2) is 0 Å². The van der Waals surface area contributed by atoms with Gasteiger partial charge in [-0.05, 0) is 31.0 Å². The number of nitrogens with zero attached hydrogens (tertiary/aromatic N) is 1. The second-order valence-electron chi connectivity index (χ2n) is 6.11. The smallest absolute Gasteiger partial charge is 0.260 e. The van der Waals surface area contributed by atoms with Gasteiger partial charge in [0.05, 0.1) is 11.8 Å². The van der Waals surface area contributed by atoms with Gasteiger partial charge in [0.25, 0.3) is 5.56 Å². The summed E-state index contributed by atoms with van der Waals surface area (Å²) in [6.07, 6.45) is 1.96. The lowest BCUT2D eigenvalue weighted by atomic mass is 10.0. The first-order valence-electron chi connectivity index (χ1n) is 8.54. The van der Waals surface area contributed by atoms with Crippen molar-refractivity contribution in [2.24, 2.45) is 0 Å². The largest absolute Gasteiger partial charge is 0.356 e. The van der Waals surface area contributed by atoms with E-state index in [0.29, 0.717) is 22.6 Å². The first kappa shape index (κ1) is 18.3. The maximum absolute atomic E-state index is 13.2. The van der Waals surface area contributed by atoms with Gasteiger partial charge in [0.2, 0.25) is 5.91 Å². The van der Waals surface area contributed by atoms with Gasteiger partial charge < -0.3 is 10.3 Å². The van der Waals surface area contributed by atoms with Crippen molar-refractivity contribution in [1.29, 1.82) is 0 Å². The summed E-state index contributed by atoms with van der Waals surface area (Å²) in [5.41, 5.74) is 1.25. The zero-order valence-corrected chi connectivity index (χ0v) is 15.5. The summed E-state index contributed by atoms with van der Waals surface area (Å²) in [6.45, 7) is 4.58. The van der Waals surface area contributed by atoms with Crippen LogP contribution in [0, 0.1) is 12.7 Å². The minimum atomic E-state index is -0.325. The molecule has 0 unspecified atom stereocenters. The molecule has 3 rings (SSSR count). The SMILES string of the molecule is CCCCNC(=O)Cc1nc2sc(C)c(-c3ccc(F)cc3)c2c(=O)[nH]1. The molecule has 0 saturated carbocycles. The van der Waals surface area contributed by atoms with E-state index in [9.17, 15) is 14.0 Å². The number of hydrogen-bond donors (Lipinski definition) is 2. The van der Waals surface area contributed by atoms with Crippen LogP contribution in [0.15, 0.2) is 29.1 Å². The van der Waals surface area contributed by atoms with Crippen LogP contribution >= 0.6 is 11.3 Å². The predicted molar refractivity (Wildman–Crippen MR) is 102 cm³/mol. The summed E-state index contributed by atoms with van der Waals surface area (Å²) in [7, 11) is 0. The summed E-state index contributed by atoms with van der Waals surface area (Å²) < 4.78 is 13.2. The van der Waals surface area contributed by atoms with Gasteiger partial charge in [-0.3, -0.25) is 9.59 Å². The average molecular weight is 373 g/mol. The third kappa shape index (κ3) is 3.83. The standard InChI is InChI=1S/C19H20FN3O2S/c1-3-4-9-21-15(24)10-14-22-18(25)17-16(11(2)26-19(17)23-14)12-5-7-13(20)8-6-12/h5-8H,3-4,9-10H2,1-2H3,(H,21,24)(H,22,23,25). The number of fused-ring (bicyclic) bond motifs is 1. The number of carbonyl (C=O) groups is 1. The fourth-order valence-electron chi connectivity index (χ4n) is 2.83. The van der Waals surface area contributed by atoms with E-state index in [2.05, 4.69) is 22.2 Å². The number of halogens is 1. The van der Waals surface area contributed by atoms with Crippen LogP contribution in [-0.2, 0) is 11.2 Å². The van der Waals surface area contributed by atoms with Crippen LogP contribution in [0.5, 0.6) is 0 Å². The van der Waals surface area contributed by atoms with Crippen LogP contribution in [0.4, 0.5) is 4.39 Å². The number of rotatable bonds is 6. The molecule has 0 aliphatic heterocycles. The quantitative estimate of drug-likeness (QED) is 0.649. The van der Waals surface area contributed by atoms with E-state index in [1.807, 2.05) is 6.92 Å². The van der Waals surface area contributed by atoms with Crippen LogP contribution in [0.2, 0.25) is 0 Å². The number of H-pyrrole nitrogens is 1. The number of benzene rings is 1. The summed E-state index contributed by atoms with van der Waals surface area (Å²) in [4.78, 5) is 33.3. The first-order chi connectivity index (χ1) is 12.5. The van der Waals surface area contributed by atoms with E-state index < -0.39 is 0 Å². The third-order valence-corrected chi connectivity index (χ3v) is 5.10. The molecule has 0 radical (unpaired) electrons. The van der Waals surface area contributed by atoms with E-state index in [0.717, 1.165) is 28.8 Å². The van der Waals surface area contributed by atoms with Crippen LogP contribution in [0.25, 0.3) is 21.3 Å². The molecule has 0 fully saturated rings. The molecule has 26 heavy (non-hydrogen) atoms. The van der Waals surface area contributed by atoms with Gasteiger partial charge >= 0.3 is 0 Å². The van der Waals surface area contributed by atoms with Crippen molar-refractivity contribution in [2.75, 3.05) is 6.54 Å². The van der Waals surface area contributed by atoms with Gasteiger partial charge in [-0.15, -0.1) is 11.3 Å². The van der Waals surface area contributed by atoms with Crippen molar-refractivity contribution in [2.45, 2.75) is 33.1 Å². The lowest BCUT2D eigenvalue weighted by molar-refractivity contribution is -0.120. The zero-order chi connectivity index (χ0) is 18.7. The molecule has 136 valence electrons. The molecule has 2 aromatic heterocycles. The van der Waals surface area contributed by atoms with Crippen LogP contribution in [0.3, 0.4) is 0 Å². The molecule has 3 aromatic rings. The summed E-state index contributed by atoms with van der Waals surface area (Å²) in [6, 6.07) is 6.04. The third-order valence-electron chi connectivity index (χ3n) is 4.10. The van der Waals surface area contributed by atoms with Gasteiger partial charge in [-0.2, -0.15) is 0 Å². The van der Waals surface area contributed by atoms with Crippen molar-refractivity contribution >= 4 is 27.5 Å². The minimum absolute atomic E-state index is 0.0394. The Labute approximate surface area is 154 Å². The highest BCUT2D eigenvalue weighted by Gasteiger charge is 2.17. The number of nitrogens with one attached hydrogen (secondary N) is 2. The molecule has 0 bridgehead atoms. The first-order valence-corrected chi connectivity index (χ1v) is 9.36. The fraction of sp³-hybridized carbons (Fsp3) is 0.316. The molecule has 5 nitrogen and oxygen atoms in total. The second kappa shape index (κ2) is 7.78. The molecule has 1 aromatic carbocycles. The van der Waals surface area contributed by atoms with Crippen molar-refractivity contribution < 1.29 is 9.18 Å². The highest BCUT2D eigenvalue weighted by molar-refractivity contribution is 7.19. The van der Waals surface area contributed by atoms with Gasteiger partial charge in [-0.1, -0.05) is 25.5 Å². The Kier molecular flexibility index (Phi) is 5.46. The highest BCUT2D eigenvalue weighted by atomic mass is 32.1. The normalized spacial score (nSPS) is 11.0. The number of carbonyl (C=O) groups excluding carboxylic acids is 1. The van der Waals surface area contributed by atoms with Crippen LogP contribution in [0.1, 0.15) is 30.5 Å². The summed E-state index contributed by atoms with van der Waals surface area (Å²) in [5, 5.41) is 3.30. The molecular weight excluding hydrogens is 353 g/mol. The molecule has 0 aliphatic rings. The Morgan fingerprint density at radius 1 is 1.31 bits per heavy atom. The van der Waals surface area contributed by atoms with Crippen LogP contribution in [-0.4, -0.2) is 22.4 Å². The van der Waals surface area contributed by atoms with E-state index >= 15 is 0 Å². The van der Waals surface area contributed by atoms with Crippen LogP contribution < -0.4 is 10.9 Å². The number of aryl methyl sites for hydroxylation is 1. The number of aromatic amines is 1. The molecule has 2 heterocycles. The molecule has 0 aliphatic carbocycles. The minimum Gasteiger partial charge on any atom is -0.356 e.